The first-order chi connectivity index (χ1) is 23.8. The molecule has 7 heteroatoms. The number of ketones is 1. The van der Waals surface area contributed by atoms with Crippen LogP contribution in [0.4, 0.5) is 0 Å². The lowest BCUT2D eigenvalue weighted by atomic mass is 9.84. The molecule has 1 saturated carbocycles. The Kier molecular flexibility index (Phi) is 12.2. The number of hydrogen-bond acceptors (Lipinski definition) is 5. The molecule has 50 heavy (non-hydrogen) atoms. The van der Waals surface area contributed by atoms with Crippen LogP contribution in [0, 0.1) is 5.92 Å². The van der Waals surface area contributed by atoms with Crippen molar-refractivity contribution in [2.24, 2.45) is 5.92 Å². The van der Waals surface area contributed by atoms with Crippen molar-refractivity contribution in [3.05, 3.63) is 121 Å². The zero-order chi connectivity index (χ0) is 36.0. The van der Waals surface area contributed by atoms with Gasteiger partial charge in [0.1, 0.15) is 5.78 Å². The summed E-state index contributed by atoms with van der Waals surface area (Å²) in [6.07, 6.45) is -0.301. The zero-order valence-corrected chi connectivity index (χ0v) is 33.2. The van der Waals surface area contributed by atoms with Gasteiger partial charge in [0.15, 0.2) is 6.29 Å². The summed E-state index contributed by atoms with van der Waals surface area (Å²) in [6.45, 7) is 18.3. The Bertz CT molecular complexity index is 1560. The SMILES string of the molecule is CCOC(C)OCC1C(=O)CC(O[Si](c2ccccc2)(c2ccccc2)C(C)(C)C)CC1O[Si](c1ccccc1)(c1ccccc1)C(C)(C)C. The van der Waals surface area contributed by atoms with E-state index in [1.54, 1.807) is 0 Å². The van der Waals surface area contributed by atoms with E-state index in [1.807, 2.05) is 13.8 Å². The maximum absolute atomic E-state index is 14.6. The van der Waals surface area contributed by atoms with Gasteiger partial charge >= 0.3 is 0 Å². The molecule has 4 aromatic carbocycles. The van der Waals surface area contributed by atoms with E-state index in [1.165, 1.54) is 20.7 Å². The third-order valence-corrected chi connectivity index (χ3v) is 20.4. The average molecular weight is 709 g/mol. The Hall–Kier alpha value is -3.18. The summed E-state index contributed by atoms with van der Waals surface area (Å²) in [5.41, 5.74) is 0. The number of carbonyl (C=O) groups excluding carboxylic acids is 1. The molecule has 4 atom stereocenters. The minimum absolute atomic E-state index is 0.116. The fourth-order valence-electron chi connectivity index (χ4n) is 7.89. The van der Waals surface area contributed by atoms with Crippen molar-refractivity contribution in [1.29, 1.82) is 0 Å². The van der Waals surface area contributed by atoms with Crippen molar-refractivity contribution in [3.8, 4) is 0 Å². The molecule has 0 radical (unpaired) electrons. The van der Waals surface area contributed by atoms with Crippen LogP contribution in [-0.4, -0.2) is 54.1 Å². The topological polar surface area (TPSA) is 54.0 Å². The van der Waals surface area contributed by atoms with Gasteiger partial charge in [0.25, 0.3) is 16.6 Å². The lowest BCUT2D eigenvalue weighted by molar-refractivity contribution is -0.157. The predicted octanol–water partition coefficient (Wildman–Crippen LogP) is 7.26. The molecule has 1 aliphatic carbocycles. The van der Waals surface area contributed by atoms with E-state index in [4.69, 9.17) is 18.3 Å². The maximum Gasteiger partial charge on any atom is 0.261 e. The van der Waals surface area contributed by atoms with Crippen LogP contribution in [0.1, 0.15) is 68.2 Å². The van der Waals surface area contributed by atoms with Gasteiger partial charge in [-0.3, -0.25) is 4.79 Å². The summed E-state index contributed by atoms with van der Waals surface area (Å²) < 4.78 is 27.4. The van der Waals surface area contributed by atoms with Gasteiger partial charge in [-0.15, -0.1) is 0 Å². The summed E-state index contributed by atoms with van der Waals surface area (Å²) in [5.74, 6) is -0.343. The van der Waals surface area contributed by atoms with Gasteiger partial charge < -0.3 is 18.3 Å². The third-order valence-electron chi connectivity index (χ3n) is 10.2. The van der Waals surface area contributed by atoms with E-state index in [9.17, 15) is 4.79 Å². The lowest BCUT2D eigenvalue weighted by Gasteiger charge is -2.50. The Morgan fingerprint density at radius 1 is 0.620 bits per heavy atom. The second-order valence-electron chi connectivity index (χ2n) is 15.6. The first kappa shape index (κ1) is 38.1. The third kappa shape index (κ3) is 7.83. The van der Waals surface area contributed by atoms with Crippen LogP contribution < -0.4 is 20.7 Å². The van der Waals surface area contributed by atoms with Crippen molar-refractivity contribution >= 4 is 43.2 Å². The summed E-state index contributed by atoms with van der Waals surface area (Å²) in [6, 6.07) is 42.6. The highest BCUT2D eigenvalue weighted by molar-refractivity contribution is 7.00. The second kappa shape index (κ2) is 16.0. The molecule has 4 aromatic rings. The number of carbonyl (C=O) groups is 1. The van der Waals surface area contributed by atoms with E-state index in [-0.39, 0.29) is 28.6 Å². The van der Waals surface area contributed by atoms with Crippen molar-refractivity contribution < 1.29 is 23.1 Å². The van der Waals surface area contributed by atoms with Crippen LogP contribution in [0.5, 0.6) is 0 Å². The molecule has 0 spiro atoms. The predicted molar refractivity (Wildman–Crippen MR) is 210 cm³/mol. The molecule has 0 bridgehead atoms. The van der Waals surface area contributed by atoms with Gasteiger partial charge in [0.05, 0.1) is 24.7 Å². The highest BCUT2D eigenvalue weighted by atomic mass is 28.4. The summed E-state index contributed by atoms with van der Waals surface area (Å²) in [4.78, 5) is 14.6. The van der Waals surface area contributed by atoms with Crippen molar-refractivity contribution in [2.75, 3.05) is 13.2 Å². The monoisotopic (exact) mass is 708 g/mol. The lowest BCUT2D eigenvalue weighted by Crippen LogP contribution is -2.70. The molecule has 5 nitrogen and oxygen atoms in total. The summed E-state index contributed by atoms with van der Waals surface area (Å²) >= 11 is 0. The number of benzene rings is 4. The van der Waals surface area contributed by atoms with Gasteiger partial charge in [-0.2, -0.15) is 0 Å². The van der Waals surface area contributed by atoms with E-state index < -0.39 is 34.9 Å². The Morgan fingerprint density at radius 2 is 1.00 bits per heavy atom. The maximum atomic E-state index is 14.6. The molecule has 0 aromatic heterocycles. The van der Waals surface area contributed by atoms with Crippen LogP contribution in [0.25, 0.3) is 0 Å². The largest absolute Gasteiger partial charge is 0.404 e. The van der Waals surface area contributed by atoms with Gasteiger partial charge in [-0.25, -0.2) is 0 Å². The number of Topliss-reactive ketones (excluding diaryl/α,β-unsaturated/α-hetero) is 1. The van der Waals surface area contributed by atoms with Crippen molar-refractivity contribution in [2.45, 2.75) is 96.8 Å². The molecule has 266 valence electrons. The standard InChI is InChI=1S/C43H56O5Si2/c1-9-45-33(2)46-32-39-40(44)30-34(47-49(42(3,4)5,35-22-14-10-15-23-35)36-24-16-11-17-25-36)31-41(39)48-50(43(6,7)8,37-26-18-12-19-27-37)38-28-20-13-21-29-38/h10-29,33-34,39,41H,9,30-32H2,1-8H3. The highest BCUT2D eigenvalue weighted by Gasteiger charge is 2.56. The first-order valence-electron chi connectivity index (χ1n) is 18.2. The fraction of sp³-hybridized carbons (Fsp3) is 0.419. The van der Waals surface area contributed by atoms with Crippen molar-refractivity contribution in [3.63, 3.8) is 0 Å². The van der Waals surface area contributed by atoms with E-state index in [2.05, 4.69) is 163 Å². The van der Waals surface area contributed by atoms with Gasteiger partial charge in [0.2, 0.25) is 0 Å². The molecule has 1 aliphatic rings. The fourth-order valence-corrected chi connectivity index (χ4v) is 17.3. The van der Waals surface area contributed by atoms with Gasteiger partial charge in [-0.1, -0.05) is 163 Å². The molecular formula is C43H56O5Si2. The molecule has 0 heterocycles. The molecule has 0 amide bonds. The first-order valence-corrected chi connectivity index (χ1v) is 22.0. The van der Waals surface area contributed by atoms with E-state index in [0.717, 1.165) is 0 Å². The van der Waals surface area contributed by atoms with Crippen LogP contribution in [0.2, 0.25) is 10.1 Å². The van der Waals surface area contributed by atoms with Crippen LogP contribution >= 0.6 is 0 Å². The van der Waals surface area contributed by atoms with Crippen LogP contribution in [-0.2, 0) is 23.1 Å². The molecule has 4 unspecified atom stereocenters. The Labute approximate surface area is 302 Å². The van der Waals surface area contributed by atoms with Crippen molar-refractivity contribution in [1.82, 2.24) is 0 Å². The van der Waals surface area contributed by atoms with Gasteiger partial charge in [-0.05, 0) is 51.1 Å². The minimum atomic E-state index is -3.02. The Morgan fingerprint density at radius 3 is 1.36 bits per heavy atom. The quantitative estimate of drug-likeness (QED) is 0.108. The molecular weight excluding hydrogens is 653 g/mol. The van der Waals surface area contributed by atoms with Gasteiger partial charge in [0, 0.05) is 13.0 Å². The van der Waals surface area contributed by atoms with E-state index in [0.29, 0.717) is 19.4 Å². The summed E-state index contributed by atoms with van der Waals surface area (Å²) in [7, 11) is -5.95. The summed E-state index contributed by atoms with van der Waals surface area (Å²) in [5, 5.41) is 4.29. The normalized spacial score (nSPS) is 19.7. The number of ether oxygens (including phenoxy) is 2. The Balaban J connectivity index is 1.64. The molecule has 1 fully saturated rings. The minimum Gasteiger partial charge on any atom is -0.404 e. The molecule has 0 aliphatic heterocycles. The zero-order valence-electron chi connectivity index (χ0n) is 31.2. The molecule has 5 rings (SSSR count). The van der Waals surface area contributed by atoms with Crippen LogP contribution in [0.15, 0.2) is 121 Å². The second-order valence-corrected chi connectivity index (χ2v) is 24.1. The smallest absolute Gasteiger partial charge is 0.261 e. The number of hydrogen-bond donors (Lipinski definition) is 0. The van der Waals surface area contributed by atoms with E-state index >= 15 is 0 Å². The number of rotatable bonds is 13. The molecule has 0 saturated heterocycles. The average Bonchev–Trinajstić information content (AvgIpc) is 3.09. The molecule has 0 N–H and O–H groups in total. The van der Waals surface area contributed by atoms with Crippen LogP contribution in [0.3, 0.4) is 0 Å². The highest BCUT2D eigenvalue weighted by Crippen LogP contribution is 2.43.